The average Bonchev–Trinajstić information content (AvgIpc) is 2.29. The monoisotopic (exact) mass is 226 g/mol. The summed E-state index contributed by atoms with van der Waals surface area (Å²) in [5, 5.41) is 5.80. The summed E-state index contributed by atoms with van der Waals surface area (Å²) in [4.78, 5) is 22.9. The summed E-state index contributed by atoms with van der Waals surface area (Å²) in [6, 6.07) is 0.287. The zero-order valence-electron chi connectivity index (χ0n) is 10.2. The summed E-state index contributed by atoms with van der Waals surface area (Å²) in [6.45, 7) is 4.70. The standard InChI is InChI=1S/C12H22N2O2/c1-3-5-10(4-2)14-12(16)9-6-7-11(15)13-8-9/h9-10H,3-8H2,1-2H3,(H,13,15)(H,14,16). The number of carbonyl (C=O) groups excluding carboxylic acids is 2. The van der Waals surface area contributed by atoms with Gasteiger partial charge in [-0.25, -0.2) is 0 Å². The van der Waals surface area contributed by atoms with E-state index in [0.29, 0.717) is 19.4 Å². The van der Waals surface area contributed by atoms with Gasteiger partial charge in [0, 0.05) is 19.0 Å². The van der Waals surface area contributed by atoms with Crippen LogP contribution in [0.2, 0.25) is 0 Å². The molecule has 2 atom stereocenters. The topological polar surface area (TPSA) is 58.2 Å². The molecule has 0 aliphatic carbocycles. The minimum atomic E-state index is -0.0383. The van der Waals surface area contributed by atoms with E-state index in [9.17, 15) is 9.59 Å². The van der Waals surface area contributed by atoms with Crippen LogP contribution in [0.3, 0.4) is 0 Å². The molecule has 2 unspecified atom stereocenters. The lowest BCUT2D eigenvalue weighted by molar-refractivity contribution is -0.129. The van der Waals surface area contributed by atoms with Crippen molar-refractivity contribution in [2.45, 2.75) is 52.0 Å². The number of carbonyl (C=O) groups is 2. The Morgan fingerprint density at radius 2 is 2.31 bits per heavy atom. The number of piperidine rings is 1. The molecule has 1 aliphatic rings. The lowest BCUT2D eigenvalue weighted by Gasteiger charge is -2.24. The maximum absolute atomic E-state index is 11.9. The van der Waals surface area contributed by atoms with E-state index >= 15 is 0 Å². The smallest absolute Gasteiger partial charge is 0.225 e. The highest BCUT2D eigenvalue weighted by Gasteiger charge is 2.25. The van der Waals surface area contributed by atoms with Crippen molar-refractivity contribution < 1.29 is 9.59 Å². The summed E-state index contributed by atoms with van der Waals surface area (Å²) in [7, 11) is 0. The van der Waals surface area contributed by atoms with Crippen LogP contribution in [-0.2, 0) is 9.59 Å². The first-order valence-corrected chi connectivity index (χ1v) is 6.24. The summed E-state index contributed by atoms with van der Waals surface area (Å²) < 4.78 is 0. The number of amides is 2. The molecule has 16 heavy (non-hydrogen) atoms. The second-order valence-electron chi connectivity index (χ2n) is 4.44. The highest BCUT2D eigenvalue weighted by Crippen LogP contribution is 2.12. The molecule has 2 N–H and O–H groups in total. The predicted molar refractivity (Wildman–Crippen MR) is 62.9 cm³/mol. The minimum absolute atomic E-state index is 0.0383. The fraction of sp³-hybridized carbons (Fsp3) is 0.833. The van der Waals surface area contributed by atoms with Gasteiger partial charge in [-0.1, -0.05) is 20.3 Å². The summed E-state index contributed by atoms with van der Waals surface area (Å²) in [5.41, 5.74) is 0. The first-order chi connectivity index (χ1) is 7.67. The molecule has 0 aromatic heterocycles. The molecule has 1 aliphatic heterocycles. The van der Waals surface area contributed by atoms with Crippen molar-refractivity contribution in [2.24, 2.45) is 5.92 Å². The lowest BCUT2D eigenvalue weighted by atomic mass is 9.97. The van der Waals surface area contributed by atoms with Crippen LogP contribution in [0.25, 0.3) is 0 Å². The van der Waals surface area contributed by atoms with Gasteiger partial charge in [0.2, 0.25) is 11.8 Å². The van der Waals surface area contributed by atoms with Crippen molar-refractivity contribution in [1.29, 1.82) is 0 Å². The summed E-state index contributed by atoms with van der Waals surface area (Å²) in [5.74, 6) is 0.119. The van der Waals surface area contributed by atoms with Crippen molar-refractivity contribution >= 4 is 11.8 Å². The quantitative estimate of drug-likeness (QED) is 0.740. The van der Waals surface area contributed by atoms with Crippen molar-refractivity contribution in [3.8, 4) is 0 Å². The zero-order valence-corrected chi connectivity index (χ0v) is 10.2. The van der Waals surface area contributed by atoms with Crippen LogP contribution in [0.1, 0.15) is 46.0 Å². The van der Waals surface area contributed by atoms with Gasteiger partial charge < -0.3 is 10.6 Å². The maximum Gasteiger partial charge on any atom is 0.225 e. The van der Waals surface area contributed by atoms with Gasteiger partial charge in [0.1, 0.15) is 0 Å². The van der Waals surface area contributed by atoms with E-state index in [0.717, 1.165) is 19.3 Å². The van der Waals surface area contributed by atoms with E-state index in [1.165, 1.54) is 0 Å². The van der Waals surface area contributed by atoms with Gasteiger partial charge in [0.25, 0.3) is 0 Å². The second-order valence-corrected chi connectivity index (χ2v) is 4.44. The van der Waals surface area contributed by atoms with Crippen molar-refractivity contribution in [3.05, 3.63) is 0 Å². The molecule has 92 valence electrons. The molecule has 0 radical (unpaired) electrons. The van der Waals surface area contributed by atoms with Crippen LogP contribution in [0, 0.1) is 5.92 Å². The molecule has 0 saturated carbocycles. The molecule has 0 aromatic carbocycles. The number of nitrogens with one attached hydrogen (secondary N) is 2. The second kappa shape index (κ2) is 6.51. The fourth-order valence-corrected chi connectivity index (χ4v) is 2.00. The Kier molecular flexibility index (Phi) is 5.29. The maximum atomic E-state index is 11.9. The lowest BCUT2D eigenvalue weighted by Crippen LogP contribution is -2.45. The van der Waals surface area contributed by atoms with E-state index in [2.05, 4.69) is 24.5 Å². The van der Waals surface area contributed by atoms with E-state index in [-0.39, 0.29) is 23.8 Å². The Morgan fingerprint density at radius 3 is 2.81 bits per heavy atom. The van der Waals surface area contributed by atoms with Crippen LogP contribution in [0.5, 0.6) is 0 Å². The van der Waals surface area contributed by atoms with Crippen LogP contribution in [0.4, 0.5) is 0 Å². The molecule has 4 nitrogen and oxygen atoms in total. The van der Waals surface area contributed by atoms with E-state index in [4.69, 9.17) is 0 Å². The predicted octanol–water partition coefficient (Wildman–Crippen LogP) is 1.21. The first-order valence-electron chi connectivity index (χ1n) is 6.24. The molecular formula is C12H22N2O2. The zero-order chi connectivity index (χ0) is 12.0. The molecule has 2 amide bonds. The molecule has 1 saturated heterocycles. The third-order valence-corrected chi connectivity index (χ3v) is 3.11. The van der Waals surface area contributed by atoms with Gasteiger partial charge in [-0.2, -0.15) is 0 Å². The van der Waals surface area contributed by atoms with Crippen LogP contribution in [-0.4, -0.2) is 24.4 Å². The Labute approximate surface area is 97.2 Å². The number of rotatable bonds is 5. The van der Waals surface area contributed by atoms with Gasteiger partial charge in [-0.05, 0) is 19.3 Å². The fourth-order valence-electron chi connectivity index (χ4n) is 2.00. The highest BCUT2D eigenvalue weighted by molar-refractivity contribution is 5.83. The normalized spacial score (nSPS) is 22.4. The Bertz CT molecular complexity index is 243. The molecule has 4 heteroatoms. The molecule has 1 heterocycles. The molecule has 1 rings (SSSR count). The van der Waals surface area contributed by atoms with Crippen LogP contribution in [0.15, 0.2) is 0 Å². The number of hydrogen-bond acceptors (Lipinski definition) is 2. The molecular weight excluding hydrogens is 204 g/mol. The van der Waals surface area contributed by atoms with Gasteiger partial charge in [0.15, 0.2) is 0 Å². The molecule has 0 aromatic rings. The Morgan fingerprint density at radius 1 is 1.56 bits per heavy atom. The van der Waals surface area contributed by atoms with E-state index < -0.39 is 0 Å². The molecule has 0 bridgehead atoms. The molecule has 1 fully saturated rings. The van der Waals surface area contributed by atoms with Crippen LogP contribution < -0.4 is 10.6 Å². The Balaban J connectivity index is 2.36. The average molecular weight is 226 g/mol. The highest BCUT2D eigenvalue weighted by atomic mass is 16.2. The van der Waals surface area contributed by atoms with E-state index in [1.54, 1.807) is 0 Å². The van der Waals surface area contributed by atoms with Gasteiger partial charge in [-0.15, -0.1) is 0 Å². The van der Waals surface area contributed by atoms with Crippen LogP contribution >= 0.6 is 0 Å². The minimum Gasteiger partial charge on any atom is -0.355 e. The summed E-state index contributed by atoms with van der Waals surface area (Å²) in [6.07, 6.45) is 4.24. The third-order valence-electron chi connectivity index (χ3n) is 3.11. The first kappa shape index (κ1) is 13.0. The third kappa shape index (κ3) is 3.83. The van der Waals surface area contributed by atoms with E-state index in [1.807, 2.05) is 0 Å². The van der Waals surface area contributed by atoms with Gasteiger partial charge in [-0.3, -0.25) is 9.59 Å². The van der Waals surface area contributed by atoms with Gasteiger partial charge in [0.05, 0.1) is 5.92 Å². The SMILES string of the molecule is CCCC(CC)NC(=O)C1CCC(=O)NC1. The van der Waals surface area contributed by atoms with Crippen molar-refractivity contribution in [1.82, 2.24) is 10.6 Å². The summed E-state index contributed by atoms with van der Waals surface area (Å²) >= 11 is 0. The Hall–Kier alpha value is -1.06. The largest absolute Gasteiger partial charge is 0.355 e. The number of hydrogen-bond donors (Lipinski definition) is 2. The van der Waals surface area contributed by atoms with Gasteiger partial charge >= 0.3 is 0 Å². The van der Waals surface area contributed by atoms with Crippen molar-refractivity contribution in [3.63, 3.8) is 0 Å². The van der Waals surface area contributed by atoms with Crippen molar-refractivity contribution in [2.75, 3.05) is 6.54 Å². The molecule has 0 spiro atoms.